The third-order valence-corrected chi connectivity index (χ3v) is 4.40. The molecule has 0 heterocycles. The molecule has 0 amide bonds. The molecule has 1 nitrogen and oxygen atoms in total. The van der Waals surface area contributed by atoms with E-state index in [0.717, 1.165) is 6.42 Å². The van der Waals surface area contributed by atoms with Gasteiger partial charge in [-0.2, -0.15) is 0 Å². The number of hydrogen-bond donors (Lipinski definition) is 1. The number of hydrogen-bond acceptors (Lipinski definition) is 1. The van der Waals surface area contributed by atoms with Gasteiger partial charge in [0.1, 0.15) is 0 Å². The SMILES string of the molecule is CC1=CCC(C)(C(C)(N)c2ccc(C)cc2)C=C1. The van der Waals surface area contributed by atoms with E-state index in [-0.39, 0.29) is 11.0 Å². The van der Waals surface area contributed by atoms with Crippen LogP contribution in [-0.4, -0.2) is 0 Å². The minimum atomic E-state index is -0.353. The Balaban J connectivity index is 2.37. The molecule has 0 aliphatic heterocycles. The first kappa shape index (κ1) is 13.1. The van der Waals surface area contributed by atoms with Gasteiger partial charge in [0.05, 0.1) is 0 Å². The van der Waals surface area contributed by atoms with Crippen LogP contribution in [0.25, 0.3) is 0 Å². The normalized spacial score (nSPS) is 26.6. The first-order chi connectivity index (χ1) is 8.35. The molecule has 0 bridgehead atoms. The van der Waals surface area contributed by atoms with Crippen LogP contribution in [0, 0.1) is 12.3 Å². The molecular weight excluding hydrogens is 218 g/mol. The van der Waals surface area contributed by atoms with Crippen LogP contribution in [0.3, 0.4) is 0 Å². The number of aryl methyl sites for hydroxylation is 1. The lowest BCUT2D eigenvalue weighted by Crippen LogP contribution is -2.48. The lowest BCUT2D eigenvalue weighted by atomic mass is 9.65. The molecule has 2 unspecified atom stereocenters. The van der Waals surface area contributed by atoms with Gasteiger partial charge in [0.25, 0.3) is 0 Å². The van der Waals surface area contributed by atoms with Crippen molar-refractivity contribution in [2.24, 2.45) is 11.1 Å². The van der Waals surface area contributed by atoms with Gasteiger partial charge in [0.2, 0.25) is 0 Å². The van der Waals surface area contributed by atoms with Crippen molar-refractivity contribution in [1.82, 2.24) is 0 Å². The smallest absolute Gasteiger partial charge is 0.0473 e. The molecule has 2 rings (SSSR count). The number of benzene rings is 1. The van der Waals surface area contributed by atoms with Crippen LogP contribution in [0.4, 0.5) is 0 Å². The molecule has 1 aromatic carbocycles. The van der Waals surface area contributed by atoms with Crippen LogP contribution < -0.4 is 5.73 Å². The Hall–Kier alpha value is -1.34. The van der Waals surface area contributed by atoms with Gasteiger partial charge in [-0.1, -0.05) is 60.6 Å². The van der Waals surface area contributed by atoms with Gasteiger partial charge in [0.15, 0.2) is 0 Å². The van der Waals surface area contributed by atoms with Gasteiger partial charge < -0.3 is 5.73 Å². The summed E-state index contributed by atoms with van der Waals surface area (Å²) in [4.78, 5) is 0. The molecule has 0 fully saturated rings. The second-order valence-electron chi connectivity index (χ2n) is 5.97. The molecule has 1 aliphatic carbocycles. The molecule has 0 radical (unpaired) electrons. The van der Waals surface area contributed by atoms with Crippen molar-refractivity contribution in [3.8, 4) is 0 Å². The van der Waals surface area contributed by atoms with Crippen molar-refractivity contribution < 1.29 is 0 Å². The second-order valence-corrected chi connectivity index (χ2v) is 5.97. The van der Waals surface area contributed by atoms with Gasteiger partial charge in [-0.05, 0) is 32.8 Å². The summed E-state index contributed by atoms with van der Waals surface area (Å²) in [6.45, 7) is 8.62. The van der Waals surface area contributed by atoms with Crippen molar-refractivity contribution in [2.75, 3.05) is 0 Å². The van der Waals surface area contributed by atoms with Crippen LogP contribution in [0.5, 0.6) is 0 Å². The zero-order valence-corrected chi connectivity index (χ0v) is 11.8. The summed E-state index contributed by atoms with van der Waals surface area (Å²) in [7, 11) is 0. The van der Waals surface area contributed by atoms with E-state index >= 15 is 0 Å². The zero-order valence-electron chi connectivity index (χ0n) is 11.8. The highest BCUT2D eigenvalue weighted by molar-refractivity contribution is 5.35. The highest BCUT2D eigenvalue weighted by Gasteiger charge is 2.40. The van der Waals surface area contributed by atoms with Crippen LogP contribution >= 0.6 is 0 Å². The highest BCUT2D eigenvalue weighted by atomic mass is 14.8. The van der Waals surface area contributed by atoms with E-state index < -0.39 is 0 Å². The molecule has 18 heavy (non-hydrogen) atoms. The van der Waals surface area contributed by atoms with Crippen LogP contribution in [0.15, 0.2) is 48.1 Å². The Morgan fingerprint density at radius 3 is 2.28 bits per heavy atom. The number of nitrogens with two attached hydrogens (primary N) is 1. The summed E-state index contributed by atoms with van der Waals surface area (Å²) in [6.07, 6.45) is 7.72. The average molecular weight is 241 g/mol. The Labute approximate surface area is 110 Å². The Kier molecular flexibility index (Phi) is 3.20. The summed E-state index contributed by atoms with van der Waals surface area (Å²) >= 11 is 0. The monoisotopic (exact) mass is 241 g/mol. The van der Waals surface area contributed by atoms with Gasteiger partial charge in [0, 0.05) is 11.0 Å². The van der Waals surface area contributed by atoms with Gasteiger partial charge >= 0.3 is 0 Å². The van der Waals surface area contributed by atoms with E-state index in [4.69, 9.17) is 5.73 Å². The van der Waals surface area contributed by atoms with E-state index in [1.54, 1.807) is 0 Å². The van der Waals surface area contributed by atoms with Crippen LogP contribution in [-0.2, 0) is 5.54 Å². The van der Waals surface area contributed by atoms with E-state index in [1.165, 1.54) is 16.7 Å². The Morgan fingerprint density at radius 1 is 1.17 bits per heavy atom. The van der Waals surface area contributed by atoms with Crippen LogP contribution in [0.1, 0.15) is 38.3 Å². The molecule has 1 aliphatic rings. The van der Waals surface area contributed by atoms with E-state index in [1.807, 2.05) is 0 Å². The fourth-order valence-electron chi connectivity index (χ4n) is 2.44. The first-order valence-corrected chi connectivity index (χ1v) is 6.57. The zero-order chi connectivity index (χ0) is 13.4. The van der Waals surface area contributed by atoms with Crippen molar-refractivity contribution in [3.05, 3.63) is 59.2 Å². The maximum atomic E-state index is 6.66. The fourth-order valence-corrected chi connectivity index (χ4v) is 2.44. The second kappa shape index (κ2) is 4.40. The summed E-state index contributed by atoms with van der Waals surface area (Å²) in [5.41, 5.74) is 10.1. The third kappa shape index (κ3) is 2.15. The summed E-state index contributed by atoms with van der Waals surface area (Å²) in [5, 5.41) is 0. The molecule has 0 saturated carbocycles. The predicted molar refractivity (Wildman–Crippen MR) is 78.3 cm³/mol. The van der Waals surface area contributed by atoms with Crippen molar-refractivity contribution in [3.63, 3.8) is 0 Å². The molecule has 0 aromatic heterocycles. The summed E-state index contributed by atoms with van der Waals surface area (Å²) in [5.74, 6) is 0. The molecular formula is C17H23N. The molecule has 1 heteroatoms. The summed E-state index contributed by atoms with van der Waals surface area (Å²) < 4.78 is 0. The highest BCUT2D eigenvalue weighted by Crippen LogP contribution is 2.44. The van der Waals surface area contributed by atoms with E-state index in [0.29, 0.717) is 0 Å². The standard InChI is InChI=1S/C17H23N/c1-13-5-7-15(8-6-13)17(4,18)16(3)11-9-14(2)10-12-16/h5-11H,12,18H2,1-4H3. The molecule has 2 atom stereocenters. The minimum absolute atomic E-state index is 0.0260. The molecule has 0 saturated heterocycles. The molecule has 0 spiro atoms. The largest absolute Gasteiger partial charge is 0.321 e. The maximum Gasteiger partial charge on any atom is 0.0473 e. The van der Waals surface area contributed by atoms with Crippen molar-refractivity contribution >= 4 is 0 Å². The van der Waals surface area contributed by atoms with E-state index in [2.05, 4.69) is 70.2 Å². The topological polar surface area (TPSA) is 26.0 Å². The average Bonchev–Trinajstić information content (AvgIpc) is 2.33. The lowest BCUT2D eigenvalue weighted by molar-refractivity contribution is 0.224. The molecule has 2 N–H and O–H groups in total. The third-order valence-electron chi connectivity index (χ3n) is 4.40. The maximum absolute atomic E-state index is 6.66. The van der Waals surface area contributed by atoms with Crippen LogP contribution in [0.2, 0.25) is 0 Å². The quantitative estimate of drug-likeness (QED) is 0.829. The van der Waals surface area contributed by atoms with Crippen molar-refractivity contribution in [2.45, 2.75) is 39.7 Å². The molecule has 1 aromatic rings. The predicted octanol–water partition coefficient (Wildman–Crippen LogP) is 4.08. The Morgan fingerprint density at radius 2 is 1.78 bits per heavy atom. The van der Waals surface area contributed by atoms with Gasteiger partial charge in [-0.25, -0.2) is 0 Å². The summed E-state index contributed by atoms with van der Waals surface area (Å²) in [6, 6.07) is 8.58. The fraction of sp³-hybridized carbons (Fsp3) is 0.412. The molecule has 96 valence electrons. The first-order valence-electron chi connectivity index (χ1n) is 6.57. The van der Waals surface area contributed by atoms with Gasteiger partial charge in [-0.3, -0.25) is 0 Å². The minimum Gasteiger partial charge on any atom is -0.321 e. The van der Waals surface area contributed by atoms with Gasteiger partial charge in [-0.15, -0.1) is 0 Å². The van der Waals surface area contributed by atoms with Crippen molar-refractivity contribution in [1.29, 1.82) is 0 Å². The Bertz CT molecular complexity index is 491. The lowest BCUT2D eigenvalue weighted by Gasteiger charge is -2.43. The number of rotatable bonds is 2. The van der Waals surface area contributed by atoms with E-state index in [9.17, 15) is 0 Å². The number of allylic oxidation sites excluding steroid dienone is 3.